The van der Waals surface area contributed by atoms with Crippen LogP contribution in [0.5, 0.6) is 0 Å². The van der Waals surface area contributed by atoms with Crippen LogP contribution < -0.4 is 5.32 Å². The van der Waals surface area contributed by atoms with Crippen LogP contribution in [0.1, 0.15) is 39.5 Å². The highest BCUT2D eigenvalue weighted by atomic mass is 16.3. The van der Waals surface area contributed by atoms with E-state index < -0.39 is 5.60 Å². The number of aliphatic hydroxyl groups excluding tert-OH is 1. The Balaban J connectivity index is 2.10. The predicted octanol–water partition coefficient (Wildman–Crippen LogP) is 0.898. The van der Waals surface area contributed by atoms with E-state index in [1.54, 1.807) is 6.92 Å². The van der Waals surface area contributed by atoms with Crippen LogP contribution in [-0.2, 0) is 0 Å². The number of rotatable bonds is 6. The van der Waals surface area contributed by atoms with E-state index in [4.69, 9.17) is 5.11 Å². The predicted molar refractivity (Wildman–Crippen MR) is 57.1 cm³/mol. The maximum Gasteiger partial charge on any atom is 0.0972 e. The van der Waals surface area contributed by atoms with Crippen LogP contribution in [0.2, 0.25) is 0 Å². The van der Waals surface area contributed by atoms with E-state index in [0.717, 1.165) is 5.92 Å². The van der Waals surface area contributed by atoms with Gasteiger partial charge in [-0.1, -0.05) is 19.3 Å². The summed E-state index contributed by atoms with van der Waals surface area (Å²) < 4.78 is 0. The van der Waals surface area contributed by atoms with Crippen molar-refractivity contribution in [2.75, 3.05) is 13.2 Å². The lowest BCUT2D eigenvalue weighted by Gasteiger charge is -2.30. The molecule has 3 nitrogen and oxygen atoms in total. The molecule has 0 saturated heterocycles. The van der Waals surface area contributed by atoms with Crippen molar-refractivity contribution >= 4 is 0 Å². The van der Waals surface area contributed by atoms with Crippen LogP contribution in [0.25, 0.3) is 0 Å². The minimum Gasteiger partial charge on any atom is -0.393 e. The van der Waals surface area contributed by atoms with Gasteiger partial charge in [-0.3, -0.25) is 0 Å². The van der Waals surface area contributed by atoms with Crippen molar-refractivity contribution in [2.45, 2.75) is 51.2 Å². The molecule has 0 radical (unpaired) electrons. The smallest absolute Gasteiger partial charge is 0.0972 e. The summed E-state index contributed by atoms with van der Waals surface area (Å²) in [4.78, 5) is 0. The molecular formula is C11H23NO2. The zero-order valence-corrected chi connectivity index (χ0v) is 9.29. The molecule has 0 bridgehead atoms. The van der Waals surface area contributed by atoms with Crippen molar-refractivity contribution in [2.24, 2.45) is 5.92 Å². The SMILES string of the molecule is CC(CC1CCC1)NCC(C)(O)CO. The average Bonchev–Trinajstić information content (AvgIpc) is 2.08. The first-order valence-electron chi connectivity index (χ1n) is 5.60. The summed E-state index contributed by atoms with van der Waals surface area (Å²) in [6.45, 7) is 4.08. The molecule has 1 saturated carbocycles. The Kier molecular flexibility index (Phi) is 4.35. The molecule has 3 N–H and O–H groups in total. The molecule has 0 aliphatic heterocycles. The summed E-state index contributed by atoms with van der Waals surface area (Å²) in [5.41, 5.74) is -0.978. The summed E-state index contributed by atoms with van der Waals surface area (Å²) in [6, 6.07) is 0.443. The van der Waals surface area contributed by atoms with Crippen LogP contribution >= 0.6 is 0 Å². The second kappa shape index (κ2) is 5.10. The average molecular weight is 201 g/mol. The lowest BCUT2D eigenvalue weighted by atomic mass is 9.81. The molecule has 0 heterocycles. The van der Waals surface area contributed by atoms with Crippen molar-refractivity contribution in [1.29, 1.82) is 0 Å². The second-order valence-electron chi connectivity index (χ2n) is 4.97. The molecule has 0 aromatic carbocycles. The van der Waals surface area contributed by atoms with Gasteiger partial charge in [0.15, 0.2) is 0 Å². The molecule has 3 heteroatoms. The Morgan fingerprint density at radius 2 is 2.14 bits per heavy atom. The lowest BCUT2D eigenvalue weighted by molar-refractivity contribution is 0.000334. The van der Waals surface area contributed by atoms with Crippen molar-refractivity contribution in [3.8, 4) is 0 Å². The van der Waals surface area contributed by atoms with Crippen LogP contribution in [0.4, 0.5) is 0 Å². The molecule has 1 rings (SSSR count). The molecule has 84 valence electrons. The highest BCUT2D eigenvalue weighted by Crippen LogP contribution is 2.30. The first-order valence-corrected chi connectivity index (χ1v) is 5.60. The summed E-state index contributed by atoms with van der Waals surface area (Å²) in [7, 11) is 0. The van der Waals surface area contributed by atoms with Gasteiger partial charge in [-0.05, 0) is 26.2 Å². The summed E-state index contributed by atoms with van der Waals surface area (Å²) in [6.07, 6.45) is 5.30. The molecule has 14 heavy (non-hydrogen) atoms. The minimum atomic E-state index is -0.978. The topological polar surface area (TPSA) is 52.5 Å². The fourth-order valence-electron chi connectivity index (χ4n) is 1.76. The van der Waals surface area contributed by atoms with E-state index in [1.807, 2.05) is 0 Å². The second-order valence-corrected chi connectivity index (χ2v) is 4.97. The van der Waals surface area contributed by atoms with Gasteiger partial charge in [-0.2, -0.15) is 0 Å². The van der Waals surface area contributed by atoms with Gasteiger partial charge in [0.25, 0.3) is 0 Å². The first kappa shape index (κ1) is 12.0. The number of aliphatic hydroxyl groups is 2. The van der Waals surface area contributed by atoms with Gasteiger partial charge in [0, 0.05) is 12.6 Å². The van der Waals surface area contributed by atoms with Crippen molar-refractivity contribution in [1.82, 2.24) is 5.32 Å². The molecule has 1 aliphatic carbocycles. The van der Waals surface area contributed by atoms with Crippen LogP contribution in [-0.4, -0.2) is 35.0 Å². The highest BCUT2D eigenvalue weighted by molar-refractivity contribution is 4.79. The lowest BCUT2D eigenvalue weighted by Crippen LogP contribution is -2.44. The molecule has 0 aromatic rings. The van der Waals surface area contributed by atoms with Gasteiger partial charge >= 0.3 is 0 Å². The van der Waals surface area contributed by atoms with Gasteiger partial charge in [0.05, 0.1) is 12.2 Å². The van der Waals surface area contributed by atoms with Gasteiger partial charge in [0.1, 0.15) is 0 Å². The fraction of sp³-hybridized carbons (Fsp3) is 1.00. The molecule has 1 fully saturated rings. The molecule has 1 aliphatic rings. The third-order valence-electron chi connectivity index (χ3n) is 3.08. The zero-order chi connectivity index (χ0) is 10.6. The van der Waals surface area contributed by atoms with Crippen LogP contribution in [0.15, 0.2) is 0 Å². The normalized spacial score (nSPS) is 24.0. The molecular weight excluding hydrogens is 178 g/mol. The Morgan fingerprint density at radius 1 is 1.50 bits per heavy atom. The molecule has 2 atom stereocenters. The summed E-state index contributed by atoms with van der Waals surface area (Å²) in [5.74, 6) is 0.886. The summed E-state index contributed by atoms with van der Waals surface area (Å²) >= 11 is 0. The van der Waals surface area contributed by atoms with Crippen molar-refractivity contribution < 1.29 is 10.2 Å². The van der Waals surface area contributed by atoms with Crippen molar-refractivity contribution in [3.05, 3.63) is 0 Å². The first-order chi connectivity index (χ1) is 6.53. The van der Waals surface area contributed by atoms with E-state index in [2.05, 4.69) is 12.2 Å². The standard InChI is InChI=1S/C11H23NO2/c1-9(6-10-4-3-5-10)12-7-11(2,14)8-13/h9-10,12-14H,3-8H2,1-2H3. The third kappa shape index (κ3) is 3.95. The molecule has 0 spiro atoms. The monoisotopic (exact) mass is 201 g/mol. The maximum atomic E-state index is 9.56. The summed E-state index contributed by atoms with van der Waals surface area (Å²) in [5, 5.41) is 21.7. The number of nitrogens with one attached hydrogen (secondary N) is 1. The van der Waals surface area contributed by atoms with E-state index in [1.165, 1.54) is 25.7 Å². The van der Waals surface area contributed by atoms with Gasteiger partial charge in [0.2, 0.25) is 0 Å². The molecule has 2 unspecified atom stereocenters. The zero-order valence-electron chi connectivity index (χ0n) is 9.29. The van der Waals surface area contributed by atoms with Gasteiger partial charge in [-0.25, -0.2) is 0 Å². The molecule has 0 amide bonds. The van der Waals surface area contributed by atoms with E-state index in [-0.39, 0.29) is 6.61 Å². The Hall–Kier alpha value is -0.120. The van der Waals surface area contributed by atoms with E-state index in [9.17, 15) is 5.11 Å². The van der Waals surface area contributed by atoms with Crippen molar-refractivity contribution in [3.63, 3.8) is 0 Å². The van der Waals surface area contributed by atoms with Crippen LogP contribution in [0, 0.1) is 5.92 Å². The Bertz CT molecular complexity index is 167. The van der Waals surface area contributed by atoms with Gasteiger partial charge in [-0.15, -0.1) is 0 Å². The minimum absolute atomic E-state index is 0.184. The Labute approximate surface area is 86.5 Å². The van der Waals surface area contributed by atoms with E-state index >= 15 is 0 Å². The molecule has 0 aromatic heterocycles. The van der Waals surface area contributed by atoms with E-state index in [0.29, 0.717) is 12.6 Å². The maximum absolute atomic E-state index is 9.56. The number of hydrogen-bond acceptors (Lipinski definition) is 3. The van der Waals surface area contributed by atoms with Crippen LogP contribution in [0.3, 0.4) is 0 Å². The fourth-order valence-corrected chi connectivity index (χ4v) is 1.76. The largest absolute Gasteiger partial charge is 0.393 e. The third-order valence-corrected chi connectivity index (χ3v) is 3.08. The van der Waals surface area contributed by atoms with Gasteiger partial charge < -0.3 is 15.5 Å². The Morgan fingerprint density at radius 3 is 2.57 bits per heavy atom. The highest BCUT2D eigenvalue weighted by Gasteiger charge is 2.22. The number of hydrogen-bond donors (Lipinski definition) is 3. The quantitative estimate of drug-likeness (QED) is 0.598.